The van der Waals surface area contributed by atoms with Gasteiger partial charge in [0, 0.05) is 17.4 Å². The molecular formula is C18H20N2O2. The summed E-state index contributed by atoms with van der Waals surface area (Å²) in [5.41, 5.74) is 3.69. The van der Waals surface area contributed by atoms with Crippen molar-refractivity contribution in [3.05, 3.63) is 65.5 Å². The van der Waals surface area contributed by atoms with Crippen LogP contribution in [0.15, 0.2) is 43.0 Å². The van der Waals surface area contributed by atoms with E-state index < -0.39 is 0 Å². The van der Waals surface area contributed by atoms with Gasteiger partial charge in [-0.2, -0.15) is 0 Å². The summed E-state index contributed by atoms with van der Waals surface area (Å²) in [6.07, 6.45) is 1.65. The molecule has 0 fully saturated rings. The van der Waals surface area contributed by atoms with E-state index in [0.29, 0.717) is 23.6 Å². The molecule has 0 aliphatic rings. The molecule has 4 nitrogen and oxygen atoms in total. The van der Waals surface area contributed by atoms with Crippen LogP contribution in [0.2, 0.25) is 0 Å². The topological polar surface area (TPSA) is 51.2 Å². The maximum atomic E-state index is 12.6. The molecular weight excluding hydrogens is 276 g/mol. The molecule has 114 valence electrons. The minimum absolute atomic E-state index is 0.224. The molecule has 1 amide bonds. The average Bonchev–Trinajstić information content (AvgIpc) is 2.46. The molecule has 0 atom stereocenters. The fraction of sp³-hybridized carbons (Fsp3) is 0.222. The average molecular weight is 296 g/mol. The molecule has 1 N–H and O–H groups in total. The van der Waals surface area contributed by atoms with Crippen molar-refractivity contribution < 1.29 is 9.53 Å². The summed E-state index contributed by atoms with van der Waals surface area (Å²) in [4.78, 5) is 17.0. The molecule has 0 spiro atoms. The zero-order valence-corrected chi connectivity index (χ0v) is 13.1. The molecule has 0 aliphatic heterocycles. The minimum Gasteiger partial charge on any atom is -0.489 e. The Hall–Kier alpha value is -2.62. The monoisotopic (exact) mass is 296 g/mol. The van der Waals surface area contributed by atoms with Crippen LogP contribution in [0.3, 0.4) is 0 Å². The first kappa shape index (κ1) is 15.8. The fourth-order valence-electron chi connectivity index (χ4n) is 2.23. The third-order valence-corrected chi connectivity index (χ3v) is 3.27. The Bertz CT molecular complexity index is 708. The smallest absolute Gasteiger partial charge is 0.261 e. The second kappa shape index (κ2) is 6.89. The van der Waals surface area contributed by atoms with Crippen LogP contribution in [-0.2, 0) is 0 Å². The zero-order valence-electron chi connectivity index (χ0n) is 13.1. The number of amides is 1. The van der Waals surface area contributed by atoms with E-state index in [9.17, 15) is 4.79 Å². The van der Waals surface area contributed by atoms with Crippen molar-refractivity contribution in [1.29, 1.82) is 0 Å². The minimum atomic E-state index is -0.224. The molecule has 22 heavy (non-hydrogen) atoms. The van der Waals surface area contributed by atoms with Crippen molar-refractivity contribution in [2.24, 2.45) is 0 Å². The molecule has 0 saturated carbocycles. The number of nitrogens with one attached hydrogen (secondary N) is 1. The highest BCUT2D eigenvalue weighted by molar-refractivity contribution is 6.07. The summed E-state index contributed by atoms with van der Waals surface area (Å²) in [7, 11) is 0. The Kier molecular flexibility index (Phi) is 4.94. The Balaban J connectivity index is 2.36. The molecule has 0 aliphatic carbocycles. The number of ether oxygens (including phenoxy) is 1. The largest absolute Gasteiger partial charge is 0.489 e. The molecule has 0 bridgehead atoms. The van der Waals surface area contributed by atoms with Gasteiger partial charge in [0.15, 0.2) is 0 Å². The van der Waals surface area contributed by atoms with Crippen LogP contribution in [0.25, 0.3) is 0 Å². The lowest BCUT2D eigenvalue weighted by atomic mass is 10.1. The van der Waals surface area contributed by atoms with Crippen molar-refractivity contribution in [2.75, 3.05) is 11.9 Å². The summed E-state index contributed by atoms with van der Waals surface area (Å²) in [6, 6.07) is 9.41. The van der Waals surface area contributed by atoms with E-state index >= 15 is 0 Å². The summed E-state index contributed by atoms with van der Waals surface area (Å²) in [5.74, 6) is 0.300. The molecule has 2 rings (SSSR count). The predicted octanol–water partition coefficient (Wildman–Crippen LogP) is 3.82. The van der Waals surface area contributed by atoms with Crippen molar-refractivity contribution in [3.8, 4) is 5.75 Å². The van der Waals surface area contributed by atoms with Gasteiger partial charge in [0.1, 0.15) is 17.9 Å². The van der Waals surface area contributed by atoms with Crippen molar-refractivity contribution in [1.82, 2.24) is 4.98 Å². The van der Waals surface area contributed by atoms with Crippen LogP contribution >= 0.6 is 0 Å². The van der Waals surface area contributed by atoms with Gasteiger partial charge >= 0.3 is 0 Å². The number of carbonyl (C=O) groups is 1. The number of nitrogens with zero attached hydrogens (tertiary/aromatic N) is 1. The molecule has 1 aromatic carbocycles. The molecule has 1 aromatic heterocycles. The Morgan fingerprint density at radius 1 is 1.32 bits per heavy atom. The van der Waals surface area contributed by atoms with E-state index in [4.69, 9.17) is 4.74 Å². The highest BCUT2D eigenvalue weighted by atomic mass is 16.5. The number of para-hydroxylation sites is 1. The van der Waals surface area contributed by atoms with Gasteiger partial charge in [-0.3, -0.25) is 9.78 Å². The van der Waals surface area contributed by atoms with Crippen LogP contribution in [-0.4, -0.2) is 17.5 Å². The van der Waals surface area contributed by atoms with Gasteiger partial charge in [0.2, 0.25) is 0 Å². The Morgan fingerprint density at radius 3 is 2.73 bits per heavy atom. The maximum Gasteiger partial charge on any atom is 0.261 e. The van der Waals surface area contributed by atoms with Gasteiger partial charge in [0.25, 0.3) is 5.91 Å². The predicted molar refractivity (Wildman–Crippen MR) is 88.5 cm³/mol. The van der Waals surface area contributed by atoms with E-state index in [2.05, 4.69) is 16.9 Å². The van der Waals surface area contributed by atoms with E-state index in [1.54, 1.807) is 19.1 Å². The third kappa shape index (κ3) is 3.52. The summed E-state index contributed by atoms with van der Waals surface area (Å²) in [5, 5.41) is 2.92. The second-order valence-electron chi connectivity index (χ2n) is 5.09. The number of rotatable bonds is 5. The maximum absolute atomic E-state index is 12.6. The van der Waals surface area contributed by atoms with Gasteiger partial charge in [-0.1, -0.05) is 30.9 Å². The second-order valence-corrected chi connectivity index (χ2v) is 5.09. The number of hydrogen-bond acceptors (Lipinski definition) is 3. The van der Waals surface area contributed by atoms with Crippen LogP contribution in [0.1, 0.15) is 27.3 Å². The first-order valence-electron chi connectivity index (χ1n) is 7.12. The number of aromatic nitrogens is 1. The van der Waals surface area contributed by atoms with E-state index in [1.807, 2.05) is 38.1 Å². The number of carbonyl (C=O) groups excluding carboxylic acids is 1. The lowest BCUT2D eigenvalue weighted by Crippen LogP contribution is -2.17. The van der Waals surface area contributed by atoms with Crippen LogP contribution in [0.4, 0.5) is 5.69 Å². The lowest BCUT2D eigenvalue weighted by Gasteiger charge is -2.14. The molecule has 0 radical (unpaired) electrons. The van der Waals surface area contributed by atoms with Crippen LogP contribution in [0, 0.1) is 20.8 Å². The van der Waals surface area contributed by atoms with E-state index in [1.165, 1.54) is 0 Å². The van der Waals surface area contributed by atoms with Crippen molar-refractivity contribution >= 4 is 11.6 Å². The van der Waals surface area contributed by atoms with E-state index in [-0.39, 0.29) is 5.91 Å². The number of benzene rings is 1. The Morgan fingerprint density at radius 2 is 2.05 bits per heavy atom. The standard InChI is InChI=1S/C18H20N2O2/c1-5-10-22-16-11-13(3)19-14(4)17(16)18(21)20-15-9-7-6-8-12(15)2/h5-9,11H,1,10H2,2-4H3,(H,20,21). The number of hydrogen-bond donors (Lipinski definition) is 1. The summed E-state index contributed by atoms with van der Waals surface area (Å²) in [6.45, 7) is 9.60. The van der Waals surface area contributed by atoms with Gasteiger partial charge in [-0.25, -0.2) is 0 Å². The van der Waals surface area contributed by atoms with E-state index in [0.717, 1.165) is 16.9 Å². The molecule has 2 aromatic rings. The van der Waals surface area contributed by atoms with Gasteiger partial charge in [0.05, 0.1) is 5.69 Å². The molecule has 1 heterocycles. The van der Waals surface area contributed by atoms with Crippen molar-refractivity contribution in [2.45, 2.75) is 20.8 Å². The number of anilines is 1. The molecule has 0 unspecified atom stereocenters. The van der Waals surface area contributed by atoms with Gasteiger partial charge in [-0.05, 0) is 32.4 Å². The van der Waals surface area contributed by atoms with Gasteiger partial charge < -0.3 is 10.1 Å². The first-order chi connectivity index (χ1) is 10.5. The van der Waals surface area contributed by atoms with Crippen LogP contribution < -0.4 is 10.1 Å². The summed E-state index contributed by atoms with van der Waals surface area (Å²) >= 11 is 0. The highest BCUT2D eigenvalue weighted by Gasteiger charge is 2.18. The Labute approximate surface area is 130 Å². The lowest BCUT2D eigenvalue weighted by molar-refractivity contribution is 0.102. The normalized spacial score (nSPS) is 10.1. The molecule has 4 heteroatoms. The first-order valence-corrected chi connectivity index (χ1v) is 7.12. The SMILES string of the molecule is C=CCOc1cc(C)nc(C)c1C(=O)Nc1ccccc1C. The highest BCUT2D eigenvalue weighted by Crippen LogP contribution is 2.24. The summed E-state index contributed by atoms with van der Waals surface area (Å²) < 4.78 is 5.62. The fourth-order valence-corrected chi connectivity index (χ4v) is 2.23. The van der Waals surface area contributed by atoms with Crippen molar-refractivity contribution in [3.63, 3.8) is 0 Å². The third-order valence-electron chi connectivity index (χ3n) is 3.27. The van der Waals surface area contributed by atoms with Gasteiger partial charge in [-0.15, -0.1) is 0 Å². The number of pyridine rings is 1. The number of aryl methyl sites for hydroxylation is 3. The zero-order chi connectivity index (χ0) is 16.1. The quantitative estimate of drug-likeness (QED) is 0.853. The van der Waals surface area contributed by atoms with Crippen LogP contribution in [0.5, 0.6) is 5.75 Å². The molecule has 0 saturated heterocycles.